The number of nitrogens with one attached hydrogen (secondary N) is 1. The minimum atomic E-state index is 0.0107. The van der Waals surface area contributed by atoms with Gasteiger partial charge in [-0.1, -0.05) is 6.92 Å². The highest BCUT2D eigenvalue weighted by molar-refractivity contribution is 5.99. The summed E-state index contributed by atoms with van der Waals surface area (Å²) in [6, 6.07) is 2.40. The largest absolute Gasteiger partial charge is 0.343 e. The average molecular weight is 264 g/mol. The Balaban J connectivity index is 2.94. The first kappa shape index (κ1) is 16.0. The zero-order valence-electron chi connectivity index (χ0n) is 13.4. The molecule has 1 aromatic rings. The van der Waals surface area contributed by atoms with Crippen molar-refractivity contribution < 1.29 is 4.79 Å². The summed E-state index contributed by atoms with van der Waals surface area (Å²) < 4.78 is 2.24. The van der Waals surface area contributed by atoms with Crippen molar-refractivity contribution in [2.45, 2.75) is 66.5 Å². The molecule has 0 amide bonds. The van der Waals surface area contributed by atoms with Gasteiger partial charge in [-0.3, -0.25) is 4.79 Å². The Labute approximate surface area is 117 Å². The lowest BCUT2D eigenvalue weighted by molar-refractivity contribution is 0.0987. The van der Waals surface area contributed by atoms with E-state index in [9.17, 15) is 4.79 Å². The number of aryl methyl sites for hydroxylation is 1. The molecule has 19 heavy (non-hydrogen) atoms. The number of ketones is 1. The van der Waals surface area contributed by atoms with Gasteiger partial charge in [-0.15, -0.1) is 0 Å². The maximum absolute atomic E-state index is 12.3. The fourth-order valence-electron chi connectivity index (χ4n) is 2.58. The van der Waals surface area contributed by atoms with Gasteiger partial charge in [0.25, 0.3) is 0 Å². The molecule has 3 nitrogen and oxygen atoms in total. The molecule has 0 saturated heterocycles. The van der Waals surface area contributed by atoms with E-state index in [2.05, 4.69) is 51.4 Å². The molecule has 0 aliphatic rings. The Morgan fingerprint density at radius 3 is 2.37 bits per heavy atom. The molecule has 0 saturated carbocycles. The van der Waals surface area contributed by atoms with Crippen molar-refractivity contribution in [2.24, 2.45) is 0 Å². The normalized spacial score (nSPS) is 13.6. The number of rotatable bonds is 5. The summed E-state index contributed by atoms with van der Waals surface area (Å²) in [4.78, 5) is 12.3. The summed E-state index contributed by atoms with van der Waals surface area (Å²) in [7, 11) is 0. The predicted molar refractivity (Wildman–Crippen MR) is 81.0 cm³/mol. The van der Waals surface area contributed by atoms with Gasteiger partial charge in [0.15, 0.2) is 5.78 Å². The van der Waals surface area contributed by atoms with Crippen LogP contribution in [-0.4, -0.2) is 22.9 Å². The van der Waals surface area contributed by atoms with Crippen molar-refractivity contribution >= 4 is 5.78 Å². The van der Waals surface area contributed by atoms with Gasteiger partial charge in [0.05, 0.1) is 6.54 Å². The lowest BCUT2D eigenvalue weighted by Gasteiger charge is -2.25. The van der Waals surface area contributed by atoms with E-state index in [0.717, 1.165) is 23.4 Å². The van der Waals surface area contributed by atoms with Crippen molar-refractivity contribution in [3.8, 4) is 0 Å². The number of carbonyl (C=O) groups is 1. The minimum Gasteiger partial charge on any atom is -0.343 e. The first-order valence-electron chi connectivity index (χ1n) is 7.14. The van der Waals surface area contributed by atoms with Crippen molar-refractivity contribution in [1.82, 2.24) is 9.88 Å². The quantitative estimate of drug-likeness (QED) is 0.827. The van der Waals surface area contributed by atoms with Crippen LogP contribution in [0, 0.1) is 13.8 Å². The highest BCUT2D eigenvalue weighted by Gasteiger charge is 2.22. The Morgan fingerprint density at radius 1 is 1.37 bits per heavy atom. The van der Waals surface area contributed by atoms with E-state index in [-0.39, 0.29) is 11.3 Å². The molecule has 1 atom stereocenters. The first-order chi connectivity index (χ1) is 8.68. The van der Waals surface area contributed by atoms with Gasteiger partial charge < -0.3 is 9.88 Å². The molecule has 0 bridgehead atoms. The Kier molecular flexibility index (Phi) is 4.97. The Morgan fingerprint density at radius 2 is 1.95 bits per heavy atom. The summed E-state index contributed by atoms with van der Waals surface area (Å²) in [6.07, 6.45) is 1.04. The van der Waals surface area contributed by atoms with Crippen LogP contribution in [0.2, 0.25) is 0 Å². The van der Waals surface area contributed by atoms with Gasteiger partial charge in [-0.2, -0.15) is 0 Å². The van der Waals surface area contributed by atoms with E-state index in [1.807, 2.05) is 13.0 Å². The minimum absolute atomic E-state index is 0.0107. The smallest absolute Gasteiger partial charge is 0.178 e. The first-order valence-corrected chi connectivity index (χ1v) is 7.14. The third-order valence-electron chi connectivity index (χ3n) is 3.63. The molecule has 1 rings (SSSR count). The Bertz CT molecular complexity index is 452. The molecule has 0 aliphatic heterocycles. The third kappa shape index (κ3) is 3.69. The molecular weight excluding hydrogens is 236 g/mol. The number of carbonyl (C=O) groups excluding carboxylic acids is 1. The molecule has 1 aromatic heterocycles. The number of Topliss-reactive ketones (excluding diaryl/α,β-unsaturated/α-hetero) is 1. The summed E-state index contributed by atoms with van der Waals surface area (Å²) >= 11 is 0. The number of hydrogen-bond acceptors (Lipinski definition) is 2. The molecule has 0 aromatic carbocycles. The van der Waals surface area contributed by atoms with Crippen LogP contribution in [0.15, 0.2) is 6.07 Å². The van der Waals surface area contributed by atoms with Crippen LogP contribution in [0.1, 0.15) is 62.8 Å². The SMILES string of the molecule is CCC(C)NCC(=O)c1cc(C)n(C(C)(C)C)c1C. The molecule has 3 heteroatoms. The molecule has 1 heterocycles. The topological polar surface area (TPSA) is 34.0 Å². The van der Waals surface area contributed by atoms with Gasteiger partial charge in [0.2, 0.25) is 0 Å². The van der Waals surface area contributed by atoms with Crippen LogP contribution in [0.4, 0.5) is 0 Å². The second-order valence-electron chi connectivity index (χ2n) is 6.40. The monoisotopic (exact) mass is 264 g/mol. The van der Waals surface area contributed by atoms with Crippen LogP contribution in [0.25, 0.3) is 0 Å². The number of aromatic nitrogens is 1. The summed E-state index contributed by atoms with van der Waals surface area (Å²) in [5.74, 6) is 0.184. The van der Waals surface area contributed by atoms with Crippen LogP contribution < -0.4 is 5.32 Å². The lowest BCUT2D eigenvalue weighted by Crippen LogP contribution is -2.31. The van der Waals surface area contributed by atoms with Gasteiger partial charge in [0.1, 0.15) is 0 Å². The van der Waals surface area contributed by atoms with E-state index in [0.29, 0.717) is 12.6 Å². The Hall–Kier alpha value is -1.09. The lowest BCUT2D eigenvalue weighted by atomic mass is 10.1. The number of nitrogens with zero attached hydrogens (tertiary/aromatic N) is 1. The molecule has 1 N–H and O–H groups in total. The van der Waals surface area contributed by atoms with E-state index in [1.165, 1.54) is 0 Å². The number of hydrogen-bond donors (Lipinski definition) is 1. The van der Waals surface area contributed by atoms with Crippen LogP contribution in [-0.2, 0) is 5.54 Å². The summed E-state index contributed by atoms with van der Waals surface area (Å²) in [5.41, 5.74) is 3.08. The van der Waals surface area contributed by atoms with Crippen molar-refractivity contribution in [3.05, 3.63) is 23.0 Å². The predicted octanol–water partition coefficient (Wildman–Crippen LogP) is 3.43. The van der Waals surface area contributed by atoms with Gasteiger partial charge >= 0.3 is 0 Å². The van der Waals surface area contributed by atoms with Crippen molar-refractivity contribution in [1.29, 1.82) is 0 Å². The molecule has 1 unspecified atom stereocenters. The van der Waals surface area contributed by atoms with Gasteiger partial charge in [0, 0.05) is 28.5 Å². The van der Waals surface area contributed by atoms with E-state index < -0.39 is 0 Å². The van der Waals surface area contributed by atoms with E-state index in [4.69, 9.17) is 0 Å². The van der Waals surface area contributed by atoms with E-state index >= 15 is 0 Å². The second-order valence-corrected chi connectivity index (χ2v) is 6.40. The van der Waals surface area contributed by atoms with Crippen LogP contribution in [0.5, 0.6) is 0 Å². The van der Waals surface area contributed by atoms with Crippen LogP contribution >= 0.6 is 0 Å². The second kappa shape index (κ2) is 5.91. The van der Waals surface area contributed by atoms with Crippen molar-refractivity contribution in [3.63, 3.8) is 0 Å². The maximum atomic E-state index is 12.3. The molecule has 0 spiro atoms. The summed E-state index contributed by atoms with van der Waals surface area (Å²) in [5, 5.41) is 3.27. The highest BCUT2D eigenvalue weighted by atomic mass is 16.1. The fourth-order valence-corrected chi connectivity index (χ4v) is 2.58. The molecule has 0 aliphatic carbocycles. The van der Waals surface area contributed by atoms with Crippen LogP contribution in [0.3, 0.4) is 0 Å². The van der Waals surface area contributed by atoms with Gasteiger partial charge in [-0.25, -0.2) is 0 Å². The fraction of sp³-hybridized carbons (Fsp3) is 0.688. The van der Waals surface area contributed by atoms with Gasteiger partial charge in [-0.05, 0) is 54.0 Å². The zero-order valence-corrected chi connectivity index (χ0v) is 13.4. The third-order valence-corrected chi connectivity index (χ3v) is 3.63. The highest BCUT2D eigenvalue weighted by Crippen LogP contribution is 2.24. The van der Waals surface area contributed by atoms with Crippen molar-refractivity contribution in [2.75, 3.05) is 6.54 Å². The van der Waals surface area contributed by atoms with E-state index in [1.54, 1.807) is 0 Å². The molecule has 0 fully saturated rings. The standard InChI is InChI=1S/C16H28N2O/c1-8-11(2)17-10-15(19)14-9-12(3)18(13(14)4)16(5,6)7/h9,11,17H,8,10H2,1-7H3. The zero-order chi connectivity index (χ0) is 14.8. The molecule has 0 radical (unpaired) electrons. The molecular formula is C16H28N2O. The average Bonchev–Trinajstić information content (AvgIpc) is 2.60. The molecule has 108 valence electrons. The maximum Gasteiger partial charge on any atom is 0.178 e. The summed E-state index contributed by atoms with van der Waals surface area (Å²) in [6.45, 7) is 15.2.